The molecule has 0 aliphatic heterocycles. The van der Waals surface area contributed by atoms with Crippen molar-refractivity contribution in [3.63, 3.8) is 0 Å². The van der Waals surface area contributed by atoms with E-state index in [1.165, 1.54) is 6.08 Å². The van der Waals surface area contributed by atoms with Crippen LogP contribution < -0.4 is 26.2 Å². The summed E-state index contributed by atoms with van der Waals surface area (Å²) < 4.78 is 0. The highest BCUT2D eigenvalue weighted by molar-refractivity contribution is 6.22. The number of nitrogens with zero attached hydrogens (tertiary/aromatic N) is 2. The molecule has 0 aliphatic rings. The second-order valence-electron chi connectivity index (χ2n) is 10.6. The first-order chi connectivity index (χ1) is 20.3. The Morgan fingerprint density at radius 3 is 1.42 bits per heavy atom. The lowest BCUT2D eigenvalue weighted by molar-refractivity contribution is -0.119. The molecule has 3 aromatic rings. The summed E-state index contributed by atoms with van der Waals surface area (Å²) in [4.78, 5) is 67.9. The third kappa shape index (κ3) is 7.72. The van der Waals surface area contributed by atoms with Gasteiger partial charge in [0.15, 0.2) is 0 Å². The van der Waals surface area contributed by atoms with Gasteiger partial charge in [-0.05, 0) is 73.9 Å². The molecule has 0 heterocycles. The first-order valence-electron chi connectivity index (χ1n) is 13.8. The van der Waals surface area contributed by atoms with Gasteiger partial charge in [0.25, 0.3) is 0 Å². The van der Waals surface area contributed by atoms with Gasteiger partial charge in [-0.25, -0.2) is 19.3 Å². The van der Waals surface area contributed by atoms with Gasteiger partial charge in [0.05, 0.1) is 11.4 Å². The summed E-state index contributed by atoms with van der Waals surface area (Å²) in [6.07, 6.45) is 1.49. The maximum Gasteiger partial charge on any atom is 0.334 e. The lowest BCUT2D eigenvalue weighted by Gasteiger charge is -2.25. The number of benzene rings is 3. The van der Waals surface area contributed by atoms with Crippen molar-refractivity contribution in [1.29, 1.82) is 0 Å². The minimum absolute atomic E-state index is 0.176. The Hall–Kier alpha value is -5.28. The Morgan fingerprint density at radius 2 is 1.02 bits per heavy atom. The monoisotopic (exact) mass is 584 g/mol. The van der Waals surface area contributed by atoms with Gasteiger partial charge in [0.1, 0.15) is 0 Å². The number of urea groups is 2. The van der Waals surface area contributed by atoms with Gasteiger partial charge < -0.3 is 21.3 Å². The number of rotatable bonds is 8. The van der Waals surface area contributed by atoms with Crippen molar-refractivity contribution in [2.45, 2.75) is 48.5 Å². The van der Waals surface area contributed by atoms with E-state index >= 15 is 0 Å². The van der Waals surface area contributed by atoms with Crippen LogP contribution in [0.3, 0.4) is 0 Å². The molecule has 0 saturated heterocycles. The van der Waals surface area contributed by atoms with Gasteiger partial charge in [-0.15, -0.1) is 0 Å². The second kappa shape index (κ2) is 14.1. The molecule has 224 valence electrons. The Bertz CT molecular complexity index is 1520. The topological polar surface area (TPSA) is 149 Å². The molecule has 11 heteroatoms. The number of amides is 6. The number of carbonyl (C=O) groups is 4. The van der Waals surface area contributed by atoms with E-state index in [9.17, 15) is 24.0 Å². The molecule has 0 bridgehead atoms. The highest BCUT2D eigenvalue weighted by Gasteiger charge is 2.28. The van der Waals surface area contributed by atoms with Crippen molar-refractivity contribution in [3.05, 3.63) is 71.3 Å². The Morgan fingerprint density at radius 1 is 0.628 bits per heavy atom. The van der Waals surface area contributed by atoms with E-state index in [4.69, 9.17) is 0 Å². The number of nitrogens with one attached hydrogen (secondary N) is 4. The predicted octanol–water partition coefficient (Wildman–Crippen LogP) is 7.04. The summed E-state index contributed by atoms with van der Waals surface area (Å²) in [6, 6.07) is 13.2. The molecular weight excluding hydrogens is 548 g/mol. The van der Waals surface area contributed by atoms with Crippen molar-refractivity contribution in [1.82, 2.24) is 0 Å². The summed E-state index contributed by atoms with van der Waals surface area (Å²) in [5, 5.41) is 11.2. The predicted molar refractivity (Wildman–Crippen MR) is 169 cm³/mol. The first kappa shape index (κ1) is 32.2. The van der Waals surface area contributed by atoms with Crippen molar-refractivity contribution in [2.24, 2.45) is 16.8 Å². The molecule has 0 spiro atoms. The zero-order chi connectivity index (χ0) is 31.8. The molecule has 0 aliphatic carbocycles. The highest BCUT2D eigenvalue weighted by Crippen LogP contribution is 2.32. The van der Waals surface area contributed by atoms with Crippen molar-refractivity contribution >= 4 is 64.1 Å². The quantitative estimate of drug-likeness (QED) is 0.165. The fourth-order valence-electron chi connectivity index (χ4n) is 4.04. The molecular formula is C32H36N6O5. The minimum Gasteiger partial charge on any atom is -0.326 e. The molecule has 3 aromatic carbocycles. The van der Waals surface area contributed by atoms with Crippen LogP contribution in [-0.2, 0) is 14.4 Å². The third-order valence-corrected chi connectivity index (χ3v) is 6.81. The number of hydrogen-bond donors (Lipinski definition) is 4. The third-order valence-electron chi connectivity index (χ3n) is 6.81. The van der Waals surface area contributed by atoms with E-state index in [1.54, 1.807) is 103 Å². The van der Waals surface area contributed by atoms with Crippen LogP contribution in [-0.4, -0.2) is 30.0 Å². The van der Waals surface area contributed by atoms with Crippen molar-refractivity contribution in [2.75, 3.05) is 26.2 Å². The maximum absolute atomic E-state index is 13.8. The lowest BCUT2D eigenvalue weighted by Crippen LogP contribution is -2.43. The summed E-state index contributed by atoms with van der Waals surface area (Å²) >= 11 is 0. The minimum atomic E-state index is -0.801. The average Bonchev–Trinajstić information content (AvgIpc) is 2.95. The number of aliphatic imine (C=N–C) groups is 1. The largest absolute Gasteiger partial charge is 0.334 e. The summed E-state index contributed by atoms with van der Waals surface area (Å²) in [6.45, 7) is 12.2. The summed E-state index contributed by atoms with van der Waals surface area (Å²) in [5.41, 5.74) is 3.76. The summed E-state index contributed by atoms with van der Waals surface area (Å²) in [5.74, 6) is -0.862. The van der Waals surface area contributed by atoms with E-state index in [0.717, 1.165) is 4.90 Å². The second-order valence-corrected chi connectivity index (χ2v) is 10.6. The number of anilines is 5. The van der Waals surface area contributed by atoms with Crippen LogP contribution in [0.1, 0.15) is 44.4 Å². The fraction of sp³-hybridized carbons (Fsp3) is 0.281. The van der Waals surface area contributed by atoms with E-state index < -0.39 is 12.1 Å². The van der Waals surface area contributed by atoms with Crippen LogP contribution in [0.2, 0.25) is 0 Å². The van der Waals surface area contributed by atoms with Crippen molar-refractivity contribution < 1.29 is 24.0 Å². The molecule has 4 N–H and O–H groups in total. The van der Waals surface area contributed by atoms with Crippen LogP contribution in [0.15, 0.2) is 59.6 Å². The first-order valence-corrected chi connectivity index (χ1v) is 13.8. The van der Waals surface area contributed by atoms with Crippen molar-refractivity contribution in [3.8, 4) is 0 Å². The number of imide groups is 1. The van der Waals surface area contributed by atoms with Gasteiger partial charge in [-0.2, -0.15) is 4.99 Å². The number of carbonyl (C=O) groups excluding carboxylic acids is 5. The Labute approximate surface area is 250 Å². The van der Waals surface area contributed by atoms with E-state index in [1.807, 2.05) is 0 Å². The molecule has 0 aromatic heterocycles. The van der Waals surface area contributed by atoms with Crippen LogP contribution in [0.4, 0.5) is 43.7 Å². The van der Waals surface area contributed by atoms with Crippen LogP contribution >= 0.6 is 0 Å². The lowest BCUT2D eigenvalue weighted by atomic mass is 10.1. The van der Waals surface area contributed by atoms with Gasteiger partial charge in [-0.3, -0.25) is 9.59 Å². The Balaban J connectivity index is 2.02. The molecule has 43 heavy (non-hydrogen) atoms. The van der Waals surface area contributed by atoms with Gasteiger partial charge in [0, 0.05) is 34.6 Å². The maximum atomic E-state index is 13.8. The van der Waals surface area contributed by atoms with E-state index in [-0.39, 0.29) is 35.0 Å². The Kier molecular flexibility index (Phi) is 10.5. The van der Waals surface area contributed by atoms with Gasteiger partial charge in [-0.1, -0.05) is 45.9 Å². The zero-order valence-corrected chi connectivity index (χ0v) is 25.3. The van der Waals surface area contributed by atoms with Gasteiger partial charge >= 0.3 is 12.1 Å². The fourth-order valence-corrected chi connectivity index (χ4v) is 4.04. The van der Waals surface area contributed by atoms with Gasteiger partial charge in [0.2, 0.25) is 17.9 Å². The van der Waals surface area contributed by atoms with Crippen LogP contribution in [0, 0.1) is 32.6 Å². The average molecular weight is 585 g/mol. The SMILES string of the molecule is Cc1c(NC(=O)C(C)C)cccc1NC(=O)N(C(=O)Nc1cccc(NC(=O)C(C)C)c1C)c1cccc(N=C=O)c1C. The highest BCUT2D eigenvalue weighted by atomic mass is 16.2. The summed E-state index contributed by atoms with van der Waals surface area (Å²) in [7, 11) is 0. The smallest absolute Gasteiger partial charge is 0.326 e. The van der Waals surface area contributed by atoms with Crippen LogP contribution in [0.25, 0.3) is 0 Å². The molecule has 11 nitrogen and oxygen atoms in total. The number of hydrogen-bond acceptors (Lipinski definition) is 6. The number of isocyanates is 1. The molecule has 6 amide bonds. The molecule has 3 rings (SSSR count). The molecule has 0 saturated carbocycles. The molecule has 0 atom stereocenters. The van der Waals surface area contributed by atoms with Crippen LogP contribution in [0.5, 0.6) is 0 Å². The zero-order valence-electron chi connectivity index (χ0n) is 25.3. The normalized spacial score (nSPS) is 10.5. The molecule has 0 fully saturated rings. The van der Waals surface area contributed by atoms with E-state index in [0.29, 0.717) is 39.4 Å². The standard InChI is InChI=1S/C32H36N6O5/c1-18(2)29(40)34-24-12-8-14-26(20(24)5)36-31(42)38(28-16-10-11-23(22(28)7)33-17-39)32(43)37-27-15-9-13-25(21(27)6)35-30(41)19(3)4/h8-16,18-19H,1-7H3,(H,34,40)(H,35,41)(H,36,42)(H,37,43). The van der Waals surface area contributed by atoms with E-state index in [2.05, 4.69) is 26.3 Å². The molecule has 0 radical (unpaired) electrons. The molecule has 0 unspecified atom stereocenters.